The first-order valence-corrected chi connectivity index (χ1v) is 7.33. The van der Waals surface area contributed by atoms with Crippen LogP contribution in [0.2, 0.25) is 0 Å². The summed E-state index contributed by atoms with van der Waals surface area (Å²) in [4.78, 5) is 19.9. The minimum atomic E-state index is -0.850. The number of carbonyl (C=O) groups is 2. The first-order valence-electron chi connectivity index (χ1n) is 7.33. The highest BCUT2D eigenvalue weighted by Gasteiger charge is 1.85. The zero-order chi connectivity index (χ0) is 15.6. The minimum absolute atomic E-state index is 0.850. The Kier molecular flexibility index (Phi) is 18.1. The van der Waals surface area contributed by atoms with Crippen LogP contribution in [-0.2, 0) is 9.59 Å². The summed E-state index contributed by atoms with van der Waals surface area (Å²) in [7, 11) is 0. The standard InChI is InChI=1S/2C8H14O2/c2*1-2-3-4-5-6-7-8(9)10/h2*6-7H,2-5H2,1H3,(H,9,10). The highest BCUT2D eigenvalue weighted by Crippen LogP contribution is 1.99. The number of unbranched alkanes of at least 4 members (excludes halogenated alkanes) is 6. The monoisotopic (exact) mass is 284 g/mol. The van der Waals surface area contributed by atoms with E-state index >= 15 is 0 Å². The quantitative estimate of drug-likeness (QED) is 0.460. The average Bonchev–Trinajstić information content (AvgIpc) is 2.38. The molecule has 0 radical (unpaired) electrons. The zero-order valence-corrected chi connectivity index (χ0v) is 12.7. The van der Waals surface area contributed by atoms with Gasteiger partial charge in [-0.2, -0.15) is 0 Å². The van der Waals surface area contributed by atoms with Crippen LogP contribution in [0.4, 0.5) is 0 Å². The van der Waals surface area contributed by atoms with E-state index in [1.807, 2.05) is 0 Å². The summed E-state index contributed by atoms with van der Waals surface area (Å²) in [5, 5.41) is 16.4. The van der Waals surface area contributed by atoms with Gasteiger partial charge in [0.05, 0.1) is 0 Å². The summed E-state index contributed by atoms with van der Waals surface area (Å²) in [5.74, 6) is -1.70. The molecule has 0 bridgehead atoms. The summed E-state index contributed by atoms with van der Waals surface area (Å²) >= 11 is 0. The van der Waals surface area contributed by atoms with Gasteiger partial charge in [0.15, 0.2) is 0 Å². The van der Waals surface area contributed by atoms with Crippen LogP contribution in [0, 0.1) is 0 Å². The number of carboxylic acids is 2. The van der Waals surface area contributed by atoms with Gasteiger partial charge in [0.1, 0.15) is 0 Å². The maximum atomic E-state index is 9.95. The lowest BCUT2D eigenvalue weighted by molar-refractivity contribution is -0.132. The molecule has 0 fully saturated rings. The zero-order valence-electron chi connectivity index (χ0n) is 12.7. The average molecular weight is 284 g/mol. The maximum Gasteiger partial charge on any atom is 0.327 e. The molecule has 20 heavy (non-hydrogen) atoms. The van der Waals surface area contributed by atoms with Crippen molar-refractivity contribution in [2.24, 2.45) is 0 Å². The third-order valence-electron chi connectivity index (χ3n) is 2.47. The predicted molar refractivity (Wildman–Crippen MR) is 81.8 cm³/mol. The second-order valence-electron chi connectivity index (χ2n) is 4.47. The van der Waals surface area contributed by atoms with E-state index in [4.69, 9.17) is 10.2 Å². The van der Waals surface area contributed by atoms with Crippen LogP contribution in [0.1, 0.15) is 65.2 Å². The third kappa shape index (κ3) is 25.3. The highest BCUT2D eigenvalue weighted by atomic mass is 16.4. The van der Waals surface area contributed by atoms with Crippen molar-refractivity contribution in [3.8, 4) is 0 Å². The van der Waals surface area contributed by atoms with Crippen LogP contribution in [-0.4, -0.2) is 22.2 Å². The second kappa shape index (κ2) is 17.4. The van der Waals surface area contributed by atoms with Crippen molar-refractivity contribution in [3.05, 3.63) is 24.3 Å². The third-order valence-corrected chi connectivity index (χ3v) is 2.47. The van der Waals surface area contributed by atoms with Crippen molar-refractivity contribution in [1.82, 2.24) is 0 Å². The molecule has 0 saturated carbocycles. The molecule has 4 heteroatoms. The summed E-state index contributed by atoms with van der Waals surface area (Å²) in [6.07, 6.45) is 14.5. The molecule has 0 saturated heterocycles. The Morgan fingerprint density at radius 3 is 1.35 bits per heavy atom. The summed E-state index contributed by atoms with van der Waals surface area (Å²) < 4.78 is 0. The number of aliphatic carboxylic acids is 2. The molecule has 0 rings (SSSR count). The van der Waals surface area contributed by atoms with Crippen LogP contribution in [0.5, 0.6) is 0 Å². The van der Waals surface area contributed by atoms with Gasteiger partial charge < -0.3 is 10.2 Å². The SMILES string of the molecule is CCCCCC=CC(=O)O.CCCCCC=CC(=O)O. The Labute approximate surface area is 122 Å². The van der Waals surface area contributed by atoms with Gasteiger partial charge in [-0.1, -0.05) is 51.7 Å². The van der Waals surface area contributed by atoms with Gasteiger partial charge in [-0.15, -0.1) is 0 Å². The Bertz CT molecular complexity index is 263. The van der Waals surface area contributed by atoms with Crippen molar-refractivity contribution in [2.75, 3.05) is 0 Å². The van der Waals surface area contributed by atoms with Gasteiger partial charge in [-0.3, -0.25) is 0 Å². The van der Waals surface area contributed by atoms with E-state index in [9.17, 15) is 9.59 Å². The second-order valence-corrected chi connectivity index (χ2v) is 4.47. The molecule has 4 nitrogen and oxygen atoms in total. The summed E-state index contributed by atoms with van der Waals surface area (Å²) in [6.45, 7) is 4.25. The lowest BCUT2D eigenvalue weighted by atomic mass is 10.2. The molecule has 0 heterocycles. The topological polar surface area (TPSA) is 74.6 Å². The van der Waals surface area contributed by atoms with Crippen LogP contribution < -0.4 is 0 Å². The van der Waals surface area contributed by atoms with Gasteiger partial charge in [-0.05, 0) is 25.7 Å². The lowest BCUT2D eigenvalue weighted by Crippen LogP contribution is -1.85. The molecular weight excluding hydrogens is 256 g/mol. The van der Waals surface area contributed by atoms with E-state index < -0.39 is 11.9 Å². The van der Waals surface area contributed by atoms with Gasteiger partial charge in [-0.25, -0.2) is 9.59 Å². The van der Waals surface area contributed by atoms with Gasteiger partial charge in [0.2, 0.25) is 0 Å². The van der Waals surface area contributed by atoms with Crippen LogP contribution >= 0.6 is 0 Å². The summed E-state index contributed by atoms with van der Waals surface area (Å²) in [6, 6.07) is 0. The maximum absolute atomic E-state index is 9.95. The Morgan fingerprint density at radius 1 is 0.750 bits per heavy atom. The molecule has 0 aromatic carbocycles. The van der Waals surface area contributed by atoms with E-state index in [0.29, 0.717) is 0 Å². The normalized spacial score (nSPS) is 10.5. The molecule has 0 unspecified atom stereocenters. The van der Waals surface area contributed by atoms with Crippen LogP contribution in [0.25, 0.3) is 0 Å². The molecule has 0 aliphatic heterocycles. The van der Waals surface area contributed by atoms with Gasteiger partial charge in [0, 0.05) is 12.2 Å². The molecule has 0 spiro atoms. The number of hydrogen-bond donors (Lipinski definition) is 2. The Hall–Kier alpha value is -1.58. The van der Waals surface area contributed by atoms with Gasteiger partial charge in [0.25, 0.3) is 0 Å². The lowest BCUT2D eigenvalue weighted by Gasteiger charge is -1.89. The molecule has 2 N–H and O–H groups in total. The fourth-order valence-corrected chi connectivity index (χ4v) is 1.39. The van der Waals surface area contributed by atoms with E-state index in [0.717, 1.165) is 25.7 Å². The Balaban J connectivity index is 0. The van der Waals surface area contributed by atoms with Crippen molar-refractivity contribution in [1.29, 1.82) is 0 Å². The number of carboxylic acid groups (broad SMARTS) is 2. The molecule has 0 aliphatic rings. The summed E-state index contributed by atoms with van der Waals surface area (Å²) in [5.41, 5.74) is 0. The van der Waals surface area contributed by atoms with E-state index in [-0.39, 0.29) is 0 Å². The number of allylic oxidation sites excluding steroid dienone is 2. The van der Waals surface area contributed by atoms with Crippen molar-refractivity contribution < 1.29 is 19.8 Å². The van der Waals surface area contributed by atoms with E-state index in [1.54, 1.807) is 12.2 Å². The predicted octanol–water partition coefficient (Wildman–Crippen LogP) is 4.42. The first-order chi connectivity index (χ1) is 9.54. The first kappa shape index (κ1) is 20.7. The fraction of sp³-hybridized carbons (Fsp3) is 0.625. The molecule has 0 atom stereocenters. The fourth-order valence-electron chi connectivity index (χ4n) is 1.39. The van der Waals surface area contributed by atoms with Crippen molar-refractivity contribution in [3.63, 3.8) is 0 Å². The van der Waals surface area contributed by atoms with Crippen molar-refractivity contribution in [2.45, 2.75) is 65.2 Å². The molecule has 116 valence electrons. The minimum Gasteiger partial charge on any atom is -0.478 e. The number of hydrogen-bond acceptors (Lipinski definition) is 2. The largest absolute Gasteiger partial charge is 0.478 e. The van der Waals surface area contributed by atoms with Crippen LogP contribution in [0.15, 0.2) is 24.3 Å². The number of rotatable bonds is 10. The molecule has 0 aromatic rings. The van der Waals surface area contributed by atoms with Crippen LogP contribution in [0.3, 0.4) is 0 Å². The van der Waals surface area contributed by atoms with Crippen molar-refractivity contribution >= 4 is 11.9 Å². The van der Waals surface area contributed by atoms with E-state index in [2.05, 4.69) is 13.8 Å². The molecule has 0 amide bonds. The molecule has 0 aliphatic carbocycles. The molecular formula is C16H28O4. The molecule has 0 aromatic heterocycles. The smallest absolute Gasteiger partial charge is 0.327 e. The van der Waals surface area contributed by atoms with E-state index in [1.165, 1.54) is 37.8 Å². The Morgan fingerprint density at radius 2 is 1.10 bits per heavy atom. The van der Waals surface area contributed by atoms with Gasteiger partial charge >= 0.3 is 11.9 Å². The highest BCUT2D eigenvalue weighted by molar-refractivity contribution is 5.79.